The summed E-state index contributed by atoms with van der Waals surface area (Å²) < 4.78 is 0. The fourth-order valence-corrected chi connectivity index (χ4v) is 4.13. The van der Waals surface area contributed by atoms with E-state index in [-0.39, 0.29) is 0 Å². The molecule has 1 aromatic heterocycles. The van der Waals surface area contributed by atoms with E-state index in [4.69, 9.17) is 4.99 Å². The summed E-state index contributed by atoms with van der Waals surface area (Å²) in [5, 5.41) is 7.90. The molecule has 2 heterocycles. The summed E-state index contributed by atoms with van der Waals surface area (Å²) in [7, 11) is 0. The van der Waals surface area contributed by atoms with Crippen LogP contribution >= 0.6 is 11.3 Å². The highest BCUT2D eigenvalue weighted by Crippen LogP contribution is 2.28. The van der Waals surface area contributed by atoms with Gasteiger partial charge in [-0.1, -0.05) is 18.2 Å². The van der Waals surface area contributed by atoms with Gasteiger partial charge in [0.25, 0.3) is 0 Å². The molecule has 0 amide bonds. The van der Waals surface area contributed by atoms with E-state index >= 15 is 0 Å². The smallest absolute Gasteiger partial charge is 0.191 e. The van der Waals surface area contributed by atoms with Crippen LogP contribution in [0.5, 0.6) is 0 Å². The molecule has 0 radical (unpaired) electrons. The molecule has 0 saturated carbocycles. The number of aliphatic imine (C=N–C) groups is 1. The van der Waals surface area contributed by atoms with Gasteiger partial charge in [-0.05, 0) is 45.7 Å². The Bertz CT molecular complexity index is 748. The van der Waals surface area contributed by atoms with Crippen LogP contribution in [0.25, 0.3) is 0 Å². The van der Waals surface area contributed by atoms with Gasteiger partial charge >= 0.3 is 0 Å². The molecule has 1 unspecified atom stereocenters. The third-order valence-corrected chi connectivity index (χ3v) is 5.87. The largest absolute Gasteiger partial charge is 0.366 e. The molecule has 5 nitrogen and oxygen atoms in total. The van der Waals surface area contributed by atoms with E-state index in [1.807, 2.05) is 0 Å². The Morgan fingerprint density at radius 1 is 1.31 bits per heavy atom. The Morgan fingerprint density at radius 2 is 2.12 bits per heavy atom. The zero-order chi connectivity index (χ0) is 18.5. The number of anilines is 1. The molecule has 0 fully saturated rings. The normalized spacial score (nSPS) is 15.1. The molecule has 0 saturated heterocycles. The summed E-state index contributed by atoms with van der Waals surface area (Å²) >= 11 is 1.73. The standard InChI is InChI=1S/C20H29N5S/c1-5-21-20(23-13-19-24-15(3)16(4)26-19)22-12-14(2)25-11-10-17-8-6-7-9-18(17)25/h6-9,14H,5,10-13H2,1-4H3,(H2,21,22,23). The van der Waals surface area contributed by atoms with Crippen LogP contribution in [0, 0.1) is 13.8 Å². The van der Waals surface area contributed by atoms with Crippen LogP contribution < -0.4 is 15.5 Å². The molecule has 3 rings (SSSR count). The summed E-state index contributed by atoms with van der Waals surface area (Å²) in [5.74, 6) is 0.859. The molecule has 0 bridgehead atoms. The quantitative estimate of drug-likeness (QED) is 0.604. The van der Waals surface area contributed by atoms with Crippen molar-refractivity contribution in [2.45, 2.75) is 46.7 Å². The van der Waals surface area contributed by atoms with Gasteiger partial charge in [-0.3, -0.25) is 0 Å². The molecule has 1 aliphatic heterocycles. The van der Waals surface area contributed by atoms with Crippen LogP contribution in [0.3, 0.4) is 0 Å². The minimum Gasteiger partial charge on any atom is -0.366 e. The lowest BCUT2D eigenvalue weighted by Crippen LogP contribution is -2.45. The second kappa shape index (κ2) is 8.54. The van der Waals surface area contributed by atoms with Gasteiger partial charge in [0, 0.05) is 36.2 Å². The minimum absolute atomic E-state index is 0.409. The first-order valence-corrected chi connectivity index (χ1v) is 10.2. The minimum atomic E-state index is 0.409. The molecule has 2 aromatic rings. The highest BCUT2D eigenvalue weighted by molar-refractivity contribution is 7.11. The summed E-state index contributed by atoms with van der Waals surface area (Å²) in [6, 6.07) is 9.13. The molecular formula is C20H29N5S. The van der Waals surface area contributed by atoms with E-state index in [0.717, 1.165) is 42.7 Å². The SMILES string of the molecule is CCNC(=NCc1nc(C)c(C)s1)NCC(C)N1CCc2ccccc21. The highest BCUT2D eigenvalue weighted by atomic mass is 32.1. The lowest BCUT2D eigenvalue weighted by Gasteiger charge is -2.28. The van der Waals surface area contributed by atoms with Crippen molar-refractivity contribution >= 4 is 23.0 Å². The van der Waals surface area contributed by atoms with Gasteiger partial charge in [-0.25, -0.2) is 9.98 Å². The van der Waals surface area contributed by atoms with E-state index in [1.165, 1.54) is 16.1 Å². The van der Waals surface area contributed by atoms with Crippen LogP contribution in [0.15, 0.2) is 29.3 Å². The van der Waals surface area contributed by atoms with E-state index in [9.17, 15) is 0 Å². The number of hydrogen-bond acceptors (Lipinski definition) is 4. The van der Waals surface area contributed by atoms with E-state index < -0.39 is 0 Å². The monoisotopic (exact) mass is 371 g/mol. The first-order chi connectivity index (χ1) is 12.6. The molecule has 1 aliphatic rings. The van der Waals surface area contributed by atoms with Crippen molar-refractivity contribution in [1.82, 2.24) is 15.6 Å². The van der Waals surface area contributed by atoms with Crippen molar-refractivity contribution < 1.29 is 0 Å². The predicted molar refractivity (Wildman–Crippen MR) is 111 cm³/mol. The molecule has 0 aliphatic carbocycles. The van der Waals surface area contributed by atoms with E-state index in [0.29, 0.717) is 12.6 Å². The second-order valence-electron chi connectivity index (χ2n) is 6.75. The number of aryl methyl sites for hydroxylation is 2. The lowest BCUT2D eigenvalue weighted by atomic mass is 10.2. The number of para-hydroxylation sites is 1. The summed E-state index contributed by atoms with van der Waals surface area (Å²) in [5.41, 5.74) is 3.94. The van der Waals surface area contributed by atoms with Crippen molar-refractivity contribution in [1.29, 1.82) is 0 Å². The fourth-order valence-electron chi connectivity index (χ4n) is 3.27. The second-order valence-corrected chi connectivity index (χ2v) is 8.03. The van der Waals surface area contributed by atoms with Gasteiger partial charge in [-0.2, -0.15) is 0 Å². The topological polar surface area (TPSA) is 52.6 Å². The Hall–Kier alpha value is -2.08. The predicted octanol–water partition coefficient (Wildman–Crippen LogP) is 3.27. The Labute approximate surface area is 160 Å². The summed E-state index contributed by atoms with van der Waals surface area (Å²) in [4.78, 5) is 13.0. The van der Waals surface area contributed by atoms with Gasteiger partial charge in [0.2, 0.25) is 0 Å². The molecule has 0 spiro atoms. The number of nitrogens with one attached hydrogen (secondary N) is 2. The zero-order valence-electron chi connectivity index (χ0n) is 16.2. The van der Waals surface area contributed by atoms with Crippen molar-refractivity contribution in [2.75, 3.05) is 24.5 Å². The van der Waals surface area contributed by atoms with E-state index in [2.05, 4.69) is 72.5 Å². The molecule has 140 valence electrons. The molecule has 1 aromatic carbocycles. The van der Waals surface area contributed by atoms with E-state index in [1.54, 1.807) is 11.3 Å². The zero-order valence-corrected chi connectivity index (χ0v) is 17.0. The average molecular weight is 372 g/mol. The Morgan fingerprint density at radius 3 is 2.85 bits per heavy atom. The molecule has 6 heteroatoms. The van der Waals surface area contributed by atoms with Crippen LogP contribution in [0.1, 0.15) is 35.0 Å². The van der Waals surface area contributed by atoms with Crippen molar-refractivity contribution in [2.24, 2.45) is 4.99 Å². The molecule has 1 atom stereocenters. The number of fused-ring (bicyclic) bond motifs is 1. The fraction of sp³-hybridized carbons (Fsp3) is 0.500. The number of nitrogens with zero attached hydrogens (tertiary/aromatic N) is 3. The van der Waals surface area contributed by atoms with Crippen LogP contribution in [-0.2, 0) is 13.0 Å². The number of hydrogen-bond donors (Lipinski definition) is 2. The first kappa shape index (κ1) is 18.7. The number of rotatable bonds is 6. The van der Waals surface area contributed by atoms with Gasteiger partial charge in [0.1, 0.15) is 5.01 Å². The lowest BCUT2D eigenvalue weighted by molar-refractivity contribution is 0.625. The van der Waals surface area contributed by atoms with Crippen LogP contribution in [-0.4, -0.2) is 36.6 Å². The average Bonchev–Trinajstić information content (AvgIpc) is 3.20. The first-order valence-electron chi connectivity index (χ1n) is 9.38. The molecular weight excluding hydrogens is 342 g/mol. The Balaban J connectivity index is 1.59. The number of thiazole rings is 1. The van der Waals surface area contributed by atoms with Crippen LogP contribution in [0.2, 0.25) is 0 Å². The van der Waals surface area contributed by atoms with Crippen molar-refractivity contribution in [3.05, 3.63) is 45.4 Å². The van der Waals surface area contributed by atoms with Gasteiger partial charge in [-0.15, -0.1) is 11.3 Å². The maximum atomic E-state index is 4.70. The van der Waals surface area contributed by atoms with Crippen LogP contribution in [0.4, 0.5) is 5.69 Å². The third-order valence-electron chi connectivity index (χ3n) is 4.81. The molecule has 2 N–H and O–H groups in total. The Kier molecular flexibility index (Phi) is 6.14. The van der Waals surface area contributed by atoms with Gasteiger partial charge in [0.05, 0.1) is 12.2 Å². The number of aromatic nitrogens is 1. The highest BCUT2D eigenvalue weighted by Gasteiger charge is 2.22. The third kappa shape index (κ3) is 4.36. The summed E-state index contributed by atoms with van der Waals surface area (Å²) in [6.45, 7) is 11.9. The van der Waals surface area contributed by atoms with Gasteiger partial charge in [0.15, 0.2) is 5.96 Å². The summed E-state index contributed by atoms with van der Waals surface area (Å²) in [6.07, 6.45) is 1.14. The van der Waals surface area contributed by atoms with Gasteiger partial charge < -0.3 is 15.5 Å². The molecule has 26 heavy (non-hydrogen) atoms. The van der Waals surface area contributed by atoms with Crippen molar-refractivity contribution in [3.63, 3.8) is 0 Å². The number of guanidine groups is 1. The van der Waals surface area contributed by atoms with Crippen molar-refractivity contribution in [3.8, 4) is 0 Å². The number of benzene rings is 1. The maximum absolute atomic E-state index is 4.70. The maximum Gasteiger partial charge on any atom is 0.191 e.